The maximum Gasteiger partial charge on any atom is 0.333 e. The summed E-state index contributed by atoms with van der Waals surface area (Å²) < 4.78 is 37.4. The normalized spacial score (nSPS) is 11.9. The summed E-state index contributed by atoms with van der Waals surface area (Å²) in [5.41, 5.74) is 1.31. The van der Waals surface area contributed by atoms with Gasteiger partial charge in [0, 0.05) is 29.5 Å². The number of rotatable bonds is 10. The van der Waals surface area contributed by atoms with E-state index >= 15 is 0 Å². The van der Waals surface area contributed by atoms with E-state index in [1.54, 1.807) is 11.6 Å². The summed E-state index contributed by atoms with van der Waals surface area (Å²) in [5, 5.41) is 4.15. The molecule has 0 radical (unpaired) electrons. The van der Waals surface area contributed by atoms with Crippen molar-refractivity contribution in [2.24, 2.45) is 0 Å². The highest BCUT2D eigenvalue weighted by Crippen LogP contribution is 2.33. The summed E-state index contributed by atoms with van der Waals surface area (Å²) >= 11 is 6.61. The van der Waals surface area contributed by atoms with Crippen molar-refractivity contribution in [3.05, 3.63) is 81.5 Å². The monoisotopic (exact) mass is 530 g/mol. The number of benzene rings is 2. The van der Waals surface area contributed by atoms with Gasteiger partial charge in [0.1, 0.15) is 12.2 Å². The van der Waals surface area contributed by atoms with Crippen molar-refractivity contribution in [3.8, 4) is 5.88 Å². The van der Waals surface area contributed by atoms with Crippen LogP contribution in [0.2, 0.25) is 5.02 Å². The average molecular weight is 531 g/mol. The van der Waals surface area contributed by atoms with E-state index in [9.17, 15) is 18.0 Å². The first-order chi connectivity index (χ1) is 17.1. The molecule has 0 unspecified atom stereocenters. The third-order valence-corrected chi connectivity index (χ3v) is 6.86. The molecule has 0 aliphatic carbocycles. The van der Waals surface area contributed by atoms with Gasteiger partial charge in [0.2, 0.25) is 11.7 Å². The maximum atomic E-state index is 13.6. The molecule has 2 aromatic carbocycles. The number of sulfone groups is 1. The molecule has 1 aromatic heterocycles. The van der Waals surface area contributed by atoms with E-state index in [4.69, 9.17) is 21.1 Å². The molecule has 0 saturated carbocycles. The van der Waals surface area contributed by atoms with Crippen LogP contribution in [0, 0.1) is 0 Å². The molecule has 8 nitrogen and oxygen atoms in total. The van der Waals surface area contributed by atoms with Crippen LogP contribution >= 0.6 is 11.6 Å². The minimum atomic E-state index is -3.73. The molecule has 0 atom stereocenters. The highest BCUT2D eigenvalue weighted by molar-refractivity contribution is 7.90. The van der Waals surface area contributed by atoms with Crippen molar-refractivity contribution >= 4 is 39.3 Å². The molecule has 3 aromatic rings. The molecule has 36 heavy (non-hydrogen) atoms. The molecular weight excluding hydrogens is 504 g/mol. The van der Waals surface area contributed by atoms with Gasteiger partial charge in [-0.25, -0.2) is 17.9 Å². The lowest BCUT2D eigenvalue weighted by molar-refractivity contribution is -0.138. The average Bonchev–Trinajstić information content (AvgIpc) is 3.26. The van der Waals surface area contributed by atoms with E-state index in [2.05, 4.69) is 5.10 Å². The topological polar surface area (TPSA) is 105 Å². The minimum Gasteiger partial charge on any atom is -0.472 e. The molecular formula is C26H27ClN2O6S. The van der Waals surface area contributed by atoms with Crippen molar-refractivity contribution in [3.63, 3.8) is 0 Å². The van der Waals surface area contributed by atoms with Crippen molar-refractivity contribution in [2.75, 3.05) is 12.9 Å². The van der Waals surface area contributed by atoms with Crippen LogP contribution in [0.4, 0.5) is 0 Å². The second kappa shape index (κ2) is 11.5. The number of ketones is 1. The summed E-state index contributed by atoms with van der Waals surface area (Å²) in [6, 6.07) is 12.1. The van der Waals surface area contributed by atoms with Crippen LogP contribution in [0.5, 0.6) is 5.88 Å². The number of aromatic nitrogens is 2. The number of carbonyl (C=O) groups is 2. The lowest BCUT2D eigenvalue weighted by atomic mass is 10.0. The molecule has 3 rings (SSSR count). The Bertz CT molecular complexity index is 1410. The summed E-state index contributed by atoms with van der Waals surface area (Å²) in [6.07, 6.45) is 3.74. The Morgan fingerprint density at radius 1 is 1.08 bits per heavy atom. The molecule has 0 aliphatic heterocycles. The first-order valence-corrected chi connectivity index (χ1v) is 13.5. The standard InChI is InChI=1S/C26H27ClN2O6S/c1-5-29-25(35-16-18-10-8-7-9-11-18)21(15-28-29)24(30)19-12-13-22(36(4,32)33)20(23(19)27)14-17(3)26(31)34-6-2/h7-15H,5-6,16H2,1-4H3. The molecule has 1 heterocycles. The first-order valence-electron chi connectivity index (χ1n) is 11.2. The lowest BCUT2D eigenvalue weighted by Crippen LogP contribution is -2.10. The Labute approximate surface area is 215 Å². The Morgan fingerprint density at radius 2 is 1.78 bits per heavy atom. The Morgan fingerprint density at radius 3 is 2.39 bits per heavy atom. The van der Waals surface area contributed by atoms with Crippen LogP contribution in [0.25, 0.3) is 6.08 Å². The molecule has 0 fully saturated rings. The van der Waals surface area contributed by atoms with E-state index in [1.165, 1.54) is 31.3 Å². The predicted molar refractivity (Wildman–Crippen MR) is 137 cm³/mol. The molecule has 0 bridgehead atoms. The van der Waals surface area contributed by atoms with Crippen LogP contribution < -0.4 is 4.74 Å². The Balaban J connectivity index is 2.08. The quantitative estimate of drug-likeness (QED) is 0.212. The number of halogens is 1. The van der Waals surface area contributed by atoms with Crippen LogP contribution in [0.15, 0.2) is 59.1 Å². The van der Waals surface area contributed by atoms with E-state index in [-0.39, 0.29) is 51.3 Å². The lowest BCUT2D eigenvalue weighted by Gasteiger charge is -2.13. The van der Waals surface area contributed by atoms with Gasteiger partial charge < -0.3 is 9.47 Å². The van der Waals surface area contributed by atoms with Crippen LogP contribution in [0.1, 0.15) is 47.8 Å². The highest BCUT2D eigenvalue weighted by Gasteiger charge is 2.26. The SMILES string of the molecule is CCOC(=O)C(C)=Cc1c(S(C)(=O)=O)ccc(C(=O)c2cnn(CC)c2OCc2ccccc2)c1Cl. The molecule has 0 amide bonds. The molecule has 10 heteroatoms. The van der Waals surface area contributed by atoms with Gasteiger partial charge in [-0.05, 0) is 44.5 Å². The van der Waals surface area contributed by atoms with Crippen molar-refractivity contribution in [1.29, 1.82) is 0 Å². The van der Waals surface area contributed by atoms with Crippen LogP contribution in [0.3, 0.4) is 0 Å². The number of nitrogens with zero attached hydrogens (tertiary/aromatic N) is 2. The highest BCUT2D eigenvalue weighted by atomic mass is 35.5. The van der Waals surface area contributed by atoms with E-state index < -0.39 is 21.6 Å². The number of esters is 1. The van der Waals surface area contributed by atoms with Gasteiger partial charge in [-0.1, -0.05) is 41.9 Å². The van der Waals surface area contributed by atoms with Crippen LogP contribution in [-0.2, 0) is 32.5 Å². The summed E-state index contributed by atoms with van der Waals surface area (Å²) in [7, 11) is -3.73. The number of ether oxygens (including phenoxy) is 2. The second-order valence-corrected chi connectivity index (χ2v) is 10.3. The number of carbonyl (C=O) groups excluding carboxylic acids is 2. The van der Waals surface area contributed by atoms with Gasteiger partial charge in [0.15, 0.2) is 9.84 Å². The second-order valence-electron chi connectivity index (χ2n) is 7.94. The van der Waals surface area contributed by atoms with Gasteiger partial charge >= 0.3 is 5.97 Å². The molecule has 190 valence electrons. The fourth-order valence-corrected chi connectivity index (χ4v) is 4.74. The summed E-state index contributed by atoms with van der Waals surface area (Å²) in [6.45, 7) is 5.85. The van der Waals surface area contributed by atoms with Gasteiger partial charge in [0.05, 0.1) is 22.7 Å². The fraction of sp³-hybridized carbons (Fsp3) is 0.269. The molecule has 0 saturated heterocycles. The van der Waals surface area contributed by atoms with E-state index in [0.29, 0.717) is 6.54 Å². The number of hydrogen-bond acceptors (Lipinski definition) is 7. The molecule has 0 aliphatic rings. The summed E-state index contributed by atoms with van der Waals surface area (Å²) in [5.74, 6) is -0.841. The zero-order valence-corrected chi connectivity index (χ0v) is 22.0. The maximum absolute atomic E-state index is 13.6. The number of aryl methyl sites for hydroxylation is 1. The Kier molecular flexibility index (Phi) is 8.70. The zero-order valence-electron chi connectivity index (χ0n) is 20.4. The molecule has 0 N–H and O–H groups in total. The van der Waals surface area contributed by atoms with Crippen LogP contribution in [-0.4, -0.2) is 42.8 Å². The third kappa shape index (κ3) is 6.03. The zero-order chi connectivity index (χ0) is 26.5. The third-order valence-electron chi connectivity index (χ3n) is 5.30. The molecule has 0 spiro atoms. The first kappa shape index (κ1) is 27.2. The Hall–Kier alpha value is -3.43. The van der Waals surface area contributed by atoms with Gasteiger partial charge in [-0.15, -0.1) is 0 Å². The van der Waals surface area contributed by atoms with Gasteiger partial charge in [-0.2, -0.15) is 5.10 Å². The van der Waals surface area contributed by atoms with E-state index in [1.807, 2.05) is 37.3 Å². The van der Waals surface area contributed by atoms with Crippen molar-refractivity contribution in [1.82, 2.24) is 9.78 Å². The van der Waals surface area contributed by atoms with Crippen molar-refractivity contribution < 1.29 is 27.5 Å². The predicted octanol–water partition coefficient (Wildman–Crippen LogP) is 4.74. The fourth-order valence-electron chi connectivity index (χ4n) is 3.51. The van der Waals surface area contributed by atoms with Gasteiger partial charge in [0.25, 0.3) is 0 Å². The van der Waals surface area contributed by atoms with Gasteiger partial charge in [-0.3, -0.25) is 4.79 Å². The van der Waals surface area contributed by atoms with E-state index in [0.717, 1.165) is 11.8 Å². The smallest absolute Gasteiger partial charge is 0.333 e. The summed E-state index contributed by atoms with van der Waals surface area (Å²) in [4.78, 5) is 25.6. The minimum absolute atomic E-state index is 0.0326. The largest absolute Gasteiger partial charge is 0.472 e. The number of hydrogen-bond donors (Lipinski definition) is 0. The van der Waals surface area contributed by atoms with Crippen molar-refractivity contribution in [2.45, 2.75) is 38.8 Å².